The maximum atomic E-state index is 12.7. The number of nitrogens with one attached hydrogen (secondary N) is 2. The quantitative estimate of drug-likeness (QED) is 0.338. The van der Waals surface area contributed by atoms with Crippen molar-refractivity contribution in [3.63, 3.8) is 0 Å². The highest BCUT2D eigenvalue weighted by atomic mass is 16.2. The summed E-state index contributed by atoms with van der Waals surface area (Å²) < 4.78 is 0. The Hall–Kier alpha value is -2.70. The average Bonchev–Trinajstić information content (AvgIpc) is 3.36. The second kappa shape index (κ2) is 7.50. The summed E-state index contributed by atoms with van der Waals surface area (Å²) in [6.07, 6.45) is 6.94. The molecule has 142 valence electrons. The number of guanidine groups is 1. The molecule has 2 amide bonds. The molecule has 4 rings (SSSR count). The topological polar surface area (TPSA) is 86.7 Å². The van der Waals surface area contributed by atoms with Gasteiger partial charge < -0.3 is 10.6 Å². The van der Waals surface area contributed by atoms with E-state index in [1.165, 1.54) is 4.90 Å². The number of carbonyl (C=O) groups is 2. The lowest BCUT2D eigenvalue weighted by Gasteiger charge is -2.18. The number of rotatable bonds is 6. The van der Waals surface area contributed by atoms with Gasteiger partial charge in [-0.05, 0) is 37.3 Å². The molecule has 4 atom stereocenters. The first-order chi connectivity index (χ1) is 13.2. The van der Waals surface area contributed by atoms with Gasteiger partial charge in [-0.1, -0.05) is 18.2 Å². The van der Waals surface area contributed by atoms with Gasteiger partial charge >= 0.3 is 0 Å². The summed E-state index contributed by atoms with van der Waals surface area (Å²) in [6, 6.07) is 5.73. The third-order valence-electron chi connectivity index (χ3n) is 5.66. The van der Waals surface area contributed by atoms with Gasteiger partial charge in [-0.25, -0.2) is 4.99 Å². The molecule has 7 nitrogen and oxygen atoms in total. The molecule has 0 aromatic carbocycles. The van der Waals surface area contributed by atoms with Crippen LogP contribution in [0.3, 0.4) is 0 Å². The Balaban J connectivity index is 1.33. The minimum absolute atomic E-state index is 0.000856. The second-order valence-electron chi connectivity index (χ2n) is 7.27. The maximum absolute atomic E-state index is 12.7. The number of hydrogen-bond donors (Lipinski definition) is 2. The SMILES string of the molecule is CCNC(=NCc1ccccn1)NCCN1C(=O)C2C3C=CC(C3)C2C1=O. The van der Waals surface area contributed by atoms with Crippen molar-refractivity contribution in [1.29, 1.82) is 0 Å². The lowest BCUT2D eigenvalue weighted by atomic mass is 9.85. The Morgan fingerprint density at radius 3 is 2.56 bits per heavy atom. The van der Waals surface area contributed by atoms with E-state index in [-0.39, 0.29) is 35.5 Å². The number of pyridine rings is 1. The monoisotopic (exact) mass is 367 g/mol. The minimum Gasteiger partial charge on any atom is -0.357 e. The number of carbonyl (C=O) groups excluding carboxylic acids is 2. The molecule has 1 aromatic heterocycles. The van der Waals surface area contributed by atoms with Gasteiger partial charge in [0.1, 0.15) is 0 Å². The van der Waals surface area contributed by atoms with Crippen LogP contribution >= 0.6 is 0 Å². The number of likely N-dealkylation sites (tertiary alicyclic amines) is 1. The summed E-state index contributed by atoms with van der Waals surface area (Å²) in [5.41, 5.74) is 0.885. The van der Waals surface area contributed by atoms with E-state index in [1.54, 1.807) is 6.20 Å². The van der Waals surface area contributed by atoms with Gasteiger partial charge in [-0.15, -0.1) is 0 Å². The molecule has 4 unspecified atom stereocenters. The number of nitrogens with zero attached hydrogens (tertiary/aromatic N) is 3. The third-order valence-corrected chi connectivity index (χ3v) is 5.66. The molecule has 7 heteroatoms. The van der Waals surface area contributed by atoms with Gasteiger partial charge in [0.15, 0.2) is 5.96 Å². The number of aliphatic imine (C=N–C) groups is 1. The van der Waals surface area contributed by atoms with Crippen molar-refractivity contribution in [2.45, 2.75) is 19.9 Å². The van der Waals surface area contributed by atoms with Gasteiger partial charge in [0.05, 0.1) is 24.1 Å². The second-order valence-corrected chi connectivity index (χ2v) is 7.27. The number of imide groups is 1. The zero-order valence-corrected chi connectivity index (χ0v) is 15.5. The number of amides is 2. The van der Waals surface area contributed by atoms with Crippen LogP contribution in [0.1, 0.15) is 19.0 Å². The van der Waals surface area contributed by atoms with Crippen LogP contribution in [0.4, 0.5) is 0 Å². The highest BCUT2D eigenvalue weighted by Crippen LogP contribution is 2.52. The molecule has 2 heterocycles. The Morgan fingerprint density at radius 2 is 1.93 bits per heavy atom. The van der Waals surface area contributed by atoms with Crippen molar-refractivity contribution >= 4 is 17.8 Å². The molecule has 27 heavy (non-hydrogen) atoms. The number of aromatic nitrogens is 1. The molecule has 0 radical (unpaired) electrons. The fourth-order valence-electron chi connectivity index (χ4n) is 4.46. The van der Waals surface area contributed by atoms with Crippen molar-refractivity contribution in [2.24, 2.45) is 28.7 Å². The van der Waals surface area contributed by atoms with Gasteiger partial charge in [0.25, 0.3) is 0 Å². The Bertz CT molecular complexity index is 746. The van der Waals surface area contributed by atoms with E-state index in [0.29, 0.717) is 25.6 Å². The summed E-state index contributed by atoms with van der Waals surface area (Å²) in [7, 11) is 0. The normalized spacial score (nSPS) is 28.8. The van der Waals surface area contributed by atoms with Crippen molar-refractivity contribution in [2.75, 3.05) is 19.6 Å². The minimum atomic E-state index is -0.126. The Morgan fingerprint density at radius 1 is 1.19 bits per heavy atom. The van der Waals surface area contributed by atoms with Gasteiger partial charge in [-0.3, -0.25) is 19.5 Å². The predicted octanol–water partition coefficient (Wildman–Crippen LogP) is 0.944. The van der Waals surface area contributed by atoms with Crippen molar-refractivity contribution in [1.82, 2.24) is 20.5 Å². The molecule has 0 spiro atoms. The summed E-state index contributed by atoms with van der Waals surface area (Å²) in [6.45, 7) is 4.05. The van der Waals surface area contributed by atoms with Crippen molar-refractivity contribution in [3.8, 4) is 0 Å². The number of hydrogen-bond acceptors (Lipinski definition) is 4. The fourth-order valence-corrected chi connectivity index (χ4v) is 4.46. The van der Waals surface area contributed by atoms with E-state index in [1.807, 2.05) is 25.1 Å². The molecule has 2 aliphatic carbocycles. The molecular formula is C20H25N5O2. The summed E-state index contributed by atoms with van der Waals surface area (Å²) in [5, 5.41) is 6.39. The fraction of sp³-hybridized carbons (Fsp3) is 0.500. The molecule has 1 saturated carbocycles. The van der Waals surface area contributed by atoms with Crippen LogP contribution in [0, 0.1) is 23.7 Å². The smallest absolute Gasteiger partial charge is 0.233 e. The van der Waals surface area contributed by atoms with Crippen LogP contribution in [0.2, 0.25) is 0 Å². The van der Waals surface area contributed by atoms with Crippen LogP contribution in [0.15, 0.2) is 41.5 Å². The number of fused-ring (bicyclic) bond motifs is 5. The molecule has 1 saturated heterocycles. The molecule has 1 aromatic rings. The summed E-state index contributed by atoms with van der Waals surface area (Å²) in [5.74, 6) is 0.915. The highest BCUT2D eigenvalue weighted by molar-refractivity contribution is 6.06. The van der Waals surface area contributed by atoms with Crippen LogP contribution in [-0.2, 0) is 16.1 Å². The van der Waals surface area contributed by atoms with Crippen LogP contribution in [0.25, 0.3) is 0 Å². The summed E-state index contributed by atoms with van der Waals surface area (Å²) >= 11 is 0. The van der Waals surface area contributed by atoms with E-state index >= 15 is 0 Å². The molecule has 2 N–H and O–H groups in total. The zero-order valence-electron chi connectivity index (χ0n) is 15.5. The van der Waals surface area contributed by atoms with Crippen molar-refractivity contribution in [3.05, 3.63) is 42.2 Å². The first-order valence-electron chi connectivity index (χ1n) is 9.64. The molecule has 1 aliphatic heterocycles. The van der Waals surface area contributed by atoms with Gasteiger partial charge in [0.2, 0.25) is 11.8 Å². The van der Waals surface area contributed by atoms with Crippen LogP contribution < -0.4 is 10.6 Å². The molecule has 2 bridgehead atoms. The standard InChI is InChI=1S/C20H25N5O2/c1-2-21-20(24-12-15-5-3-4-8-22-15)23-9-10-25-18(26)16-13-6-7-14(11-13)17(16)19(25)27/h3-8,13-14,16-17H,2,9-12H2,1H3,(H2,21,23,24). The van der Waals surface area contributed by atoms with E-state index in [2.05, 4.69) is 32.8 Å². The van der Waals surface area contributed by atoms with E-state index in [4.69, 9.17) is 0 Å². The lowest BCUT2D eigenvalue weighted by Crippen LogP contribution is -2.43. The number of allylic oxidation sites excluding steroid dienone is 2. The average molecular weight is 367 g/mol. The highest BCUT2D eigenvalue weighted by Gasteiger charge is 2.58. The van der Waals surface area contributed by atoms with Gasteiger partial charge in [0, 0.05) is 25.8 Å². The maximum Gasteiger partial charge on any atom is 0.233 e. The predicted molar refractivity (Wildman–Crippen MR) is 101 cm³/mol. The third kappa shape index (κ3) is 3.34. The first-order valence-corrected chi connectivity index (χ1v) is 9.64. The zero-order chi connectivity index (χ0) is 18.8. The molecular weight excluding hydrogens is 342 g/mol. The van der Waals surface area contributed by atoms with Crippen LogP contribution in [0.5, 0.6) is 0 Å². The summed E-state index contributed by atoms with van der Waals surface area (Å²) in [4.78, 5) is 35.6. The van der Waals surface area contributed by atoms with E-state index < -0.39 is 0 Å². The first kappa shape index (κ1) is 17.7. The molecule has 2 fully saturated rings. The van der Waals surface area contributed by atoms with Crippen LogP contribution in [-0.4, -0.2) is 47.3 Å². The molecule has 3 aliphatic rings. The van der Waals surface area contributed by atoms with E-state index in [0.717, 1.165) is 18.7 Å². The Labute approximate surface area is 158 Å². The van der Waals surface area contributed by atoms with E-state index in [9.17, 15) is 9.59 Å². The largest absolute Gasteiger partial charge is 0.357 e. The van der Waals surface area contributed by atoms with Gasteiger partial charge in [-0.2, -0.15) is 0 Å². The Kier molecular flexibility index (Phi) is 4.92. The lowest BCUT2D eigenvalue weighted by molar-refractivity contribution is -0.140. The van der Waals surface area contributed by atoms with Crippen molar-refractivity contribution < 1.29 is 9.59 Å².